The van der Waals surface area contributed by atoms with Crippen LogP contribution in [0.1, 0.15) is 26.7 Å². The minimum atomic E-state index is -0.655. The van der Waals surface area contributed by atoms with E-state index in [1.165, 1.54) is 0 Å². The van der Waals surface area contributed by atoms with Gasteiger partial charge in [-0.3, -0.25) is 4.79 Å². The predicted molar refractivity (Wildman–Crippen MR) is 68.9 cm³/mol. The van der Waals surface area contributed by atoms with Crippen molar-refractivity contribution >= 4 is 11.9 Å². The Morgan fingerprint density at radius 1 is 1.61 bits per heavy atom. The van der Waals surface area contributed by atoms with Crippen molar-refractivity contribution in [3.63, 3.8) is 0 Å². The first-order chi connectivity index (χ1) is 8.60. The van der Waals surface area contributed by atoms with E-state index in [1.54, 1.807) is 13.0 Å². The Bertz CT molecular complexity index is 311. The maximum absolute atomic E-state index is 12.0. The lowest BCUT2D eigenvalue weighted by atomic mass is 10.0. The lowest BCUT2D eigenvalue weighted by Crippen LogP contribution is -2.51. The number of carbonyl (C=O) groups excluding carboxylic acids is 2. The van der Waals surface area contributed by atoms with E-state index < -0.39 is 12.0 Å². The molecule has 5 nitrogen and oxygen atoms in total. The number of rotatable bonds is 6. The number of esters is 1. The quantitative estimate of drug-likeness (QED) is 0.538. The van der Waals surface area contributed by atoms with Gasteiger partial charge in [-0.05, 0) is 26.3 Å². The summed E-state index contributed by atoms with van der Waals surface area (Å²) in [5.74, 6) is -0.704. The summed E-state index contributed by atoms with van der Waals surface area (Å²) >= 11 is 0. The average molecular weight is 254 g/mol. The van der Waals surface area contributed by atoms with Crippen LogP contribution in [0.5, 0.6) is 0 Å². The fourth-order valence-electron chi connectivity index (χ4n) is 1.94. The minimum absolute atomic E-state index is 0.140. The van der Waals surface area contributed by atoms with Gasteiger partial charge in [-0.2, -0.15) is 0 Å². The summed E-state index contributed by atoms with van der Waals surface area (Å²) in [6.45, 7) is 8.38. The van der Waals surface area contributed by atoms with Gasteiger partial charge in [0.25, 0.3) is 0 Å². The van der Waals surface area contributed by atoms with Crippen LogP contribution in [0.25, 0.3) is 0 Å². The van der Waals surface area contributed by atoms with Gasteiger partial charge in [-0.1, -0.05) is 13.0 Å². The van der Waals surface area contributed by atoms with E-state index in [1.807, 2.05) is 6.92 Å². The van der Waals surface area contributed by atoms with E-state index in [9.17, 15) is 9.59 Å². The third-order valence-corrected chi connectivity index (χ3v) is 3.11. The van der Waals surface area contributed by atoms with Gasteiger partial charge in [-0.15, -0.1) is 6.58 Å². The highest BCUT2D eigenvalue weighted by Gasteiger charge is 2.30. The van der Waals surface area contributed by atoms with Crippen molar-refractivity contribution in [2.45, 2.75) is 38.8 Å². The highest BCUT2D eigenvalue weighted by atomic mass is 16.5. The van der Waals surface area contributed by atoms with Gasteiger partial charge in [0.15, 0.2) is 0 Å². The van der Waals surface area contributed by atoms with Crippen molar-refractivity contribution in [2.24, 2.45) is 5.92 Å². The molecular weight excluding hydrogens is 232 g/mol. The third kappa shape index (κ3) is 3.84. The molecule has 0 spiro atoms. The van der Waals surface area contributed by atoms with E-state index in [-0.39, 0.29) is 17.9 Å². The Labute approximate surface area is 108 Å². The summed E-state index contributed by atoms with van der Waals surface area (Å²) in [7, 11) is 0. The molecule has 102 valence electrons. The molecule has 0 aromatic heterocycles. The molecule has 3 atom stereocenters. The lowest BCUT2D eigenvalue weighted by molar-refractivity contribution is -0.148. The molecule has 0 bridgehead atoms. The molecule has 0 saturated carbocycles. The first-order valence-corrected chi connectivity index (χ1v) is 6.43. The van der Waals surface area contributed by atoms with Crippen LogP contribution >= 0.6 is 0 Å². The number of ether oxygens (including phenoxy) is 1. The molecule has 3 unspecified atom stereocenters. The van der Waals surface area contributed by atoms with Crippen LogP contribution in [-0.2, 0) is 14.3 Å². The molecule has 0 aliphatic carbocycles. The number of amides is 1. The van der Waals surface area contributed by atoms with Crippen LogP contribution in [0.3, 0.4) is 0 Å². The Balaban J connectivity index is 2.62. The van der Waals surface area contributed by atoms with Crippen LogP contribution in [0, 0.1) is 5.92 Å². The Kier molecular flexibility index (Phi) is 5.85. The molecule has 1 heterocycles. The standard InChI is InChI=1S/C13H22N2O3/c1-4-9(3)11(13(17)18-5-2)15-12(16)10-7-6-8-14-10/h4,9-11,14H,1,5-8H2,2-3H3,(H,15,16). The number of nitrogens with one attached hydrogen (secondary N) is 2. The molecular formula is C13H22N2O3. The smallest absolute Gasteiger partial charge is 0.329 e. The van der Waals surface area contributed by atoms with E-state index in [0.29, 0.717) is 6.61 Å². The van der Waals surface area contributed by atoms with Crippen LogP contribution in [0.2, 0.25) is 0 Å². The average Bonchev–Trinajstić information content (AvgIpc) is 2.88. The maximum atomic E-state index is 12.0. The predicted octanol–water partition coefficient (Wildman–Crippen LogP) is 0.608. The van der Waals surface area contributed by atoms with Gasteiger partial charge in [0.1, 0.15) is 6.04 Å². The molecule has 1 fully saturated rings. The van der Waals surface area contributed by atoms with Gasteiger partial charge in [0.05, 0.1) is 12.6 Å². The molecule has 18 heavy (non-hydrogen) atoms. The van der Waals surface area contributed by atoms with Crippen molar-refractivity contribution in [1.82, 2.24) is 10.6 Å². The Morgan fingerprint density at radius 3 is 2.83 bits per heavy atom. The molecule has 1 aliphatic heterocycles. The zero-order valence-corrected chi connectivity index (χ0v) is 11.1. The van der Waals surface area contributed by atoms with Gasteiger partial charge < -0.3 is 15.4 Å². The highest BCUT2D eigenvalue weighted by molar-refractivity contribution is 5.88. The van der Waals surface area contributed by atoms with Crippen LogP contribution in [0.4, 0.5) is 0 Å². The Hall–Kier alpha value is -1.36. The fraction of sp³-hybridized carbons (Fsp3) is 0.692. The van der Waals surface area contributed by atoms with Crippen LogP contribution in [-0.4, -0.2) is 37.1 Å². The number of carbonyl (C=O) groups is 2. The van der Waals surface area contributed by atoms with E-state index in [4.69, 9.17) is 4.74 Å². The second kappa shape index (κ2) is 7.16. The molecule has 1 aliphatic rings. The Morgan fingerprint density at radius 2 is 2.33 bits per heavy atom. The van der Waals surface area contributed by atoms with Crippen molar-refractivity contribution in [1.29, 1.82) is 0 Å². The summed E-state index contributed by atoms with van der Waals surface area (Å²) in [6.07, 6.45) is 3.44. The van der Waals surface area contributed by atoms with Gasteiger partial charge in [0, 0.05) is 5.92 Å². The number of hydrogen-bond donors (Lipinski definition) is 2. The number of hydrogen-bond acceptors (Lipinski definition) is 4. The fourth-order valence-corrected chi connectivity index (χ4v) is 1.94. The van der Waals surface area contributed by atoms with Gasteiger partial charge >= 0.3 is 5.97 Å². The molecule has 2 N–H and O–H groups in total. The topological polar surface area (TPSA) is 67.4 Å². The van der Waals surface area contributed by atoms with E-state index >= 15 is 0 Å². The minimum Gasteiger partial charge on any atom is -0.464 e. The molecule has 1 rings (SSSR count). The van der Waals surface area contributed by atoms with Crippen molar-refractivity contribution in [2.75, 3.05) is 13.2 Å². The van der Waals surface area contributed by atoms with Crippen molar-refractivity contribution in [3.05, 3.63) is 12.7 Å². The molecule has 0 aromatic rings. The molecule has 0 aromatic carbocycles. The largest absolute Gasteiger partial charge is 0.464 e. The van der Waals surface area contributed by atoms with Crippen LogP contribution in [0.15, 0.2) is 12.7 Å². The second-order valence-corrected chi connectivity index (χ2v) is 4.48. The lowest BCUT2D eigenvalue weighted by Gasteiger charge is -2.22. The zero-order chi connectivity index (χ0) is 13.5. The monoisotopic (exact) mass is 254 g/mol. The normalized spacial score (nSPS) is 22.0. The second-order valence-electron chi connectivity index (χ2n) is 4.48. The first-order valence-electron chi connectivity index (χ1n) is 6.43. The summed E-state index contributed by atoms with van der Waals surface area (Å²) in [5.41, 5.74) is 0. The third-order valence-electron chi connectivity index (χ3n) is 3.11. The SMILES string of the molecule is C=CC(C)C(NC(=O)C1CCCN1)C(=O)OCC. The maximum Gasteiger partial charge on any atom is 0.329 e. The van der Waals surface area contributed by atoms with E-state index in [2.05, 4.69) is 17.2 Å². The van der Waals surface area contributed by atoms with Crippen LogP contribution < -0.4 is 10.6 Å². The first kappa shape index (κ1) is 14.7. The molecule has 5 heteroatoms. The van der Waals surface area contributed by atoms with Crippen molar-refractivity contribution in [3.8, 4) is 0 Å². The van der Waals surface area contributed by atoms with Crippen molar-refractivity contribution < 1.29 is 14.3 Å². The molecule has 1 amide bonds. The summed E-state index contributed by atoms with van der Waals surface area (Å²) < 4.78 is 4.97. The van der Waals surface area contributed by atoms with Gasteiger partial charge in [0.2, 0.25) is 5.91 Å². The molecule has 1 saturated heterocycles. The highest BCUT2D eigenvalue weighted by Crippen LogP contribution is 2.10. The zero-order valence-electron chi connectivity index (χ0n) is 11.1. The summed E-state index contributed by atoms with van der Waals surface area (Å²) in [6, 6.07) is -0.851. The summed E-state index contributed by atoms with van der Waals surface area (Å²) in [5, 5.41) is 5.85. The van der Waals surface area contributed by atoms with Gasteiger partial charge in [-0.25, -0.2) is 4.79 Å². The molecule has 0 radical (unpaired) electrons. The van der Waals surface area contributed by atoms with E-state index in [0.717, 1.165) is 19.4 Å². The summed E-state index contributed by atoms with van der Waals surface area (Å²) in [4.78, 5) is 23.8.